The van der Waals surface area contributed by atoms with Crippen LogP contribution in [0, 0.1) is 0 Å². The van der Waals surface area contributed by atoms with Crippen LogP contribution >= 0.6 is 12.4 Å². The number of hydrogen-bond donors (Lipinski definition) is 1. The van der Waals surface area contributed by atoms with Crippen molar-refractivity contribution in [2.75, 3.05) is 18.0 Å². The zero-order chi connectivity index (χ0) is 9.68. The van der Waals surface area contributed by atoms with E-state index in [1.54, 1.807) is 4.90 Å². The Hall–Kier alpha value is -1.06. The molecule has 1 aromatic carbocycles. The largest absolute Gasteiger partial charge is 0.322 e. The summed E-state index contributed by atoms with van der Waals surface area (Å²) in [6.45, 7) is 2.64. The van der Waals surface area contributed by atoms with Crippen LogP contribution in [0.1, 0.15) is 6.92 Å². The van der Waals surface area contributed by atoms with Crippen LogP contribution < -0.4 is 10.6 Å². The van der Waals surface area contributed by atoms with Crippen LogP contribution in [0.5, 0.6) is 0 Å². The van der Waals surface area contributed by atoms with Crippen molar-refractivity contribution in [2.45, 2.75) is 6.92 Å². The predicted molar refractivity (Wildman–Crippen MR) is 60.8 cm³/mol. The second kappa shape index (κ2) is 6.40. The van der Waals surface area contributed by atoms with Gasteiger partial charge >= 0.3 is 0 Å². The Labute approximate surface area is 90.3 Å². The molecule has 3 nitrogen and oxygen atoms in total. The van der Waals surface area contributed by atoms with Gasteiger partial charge < -0.3 is 10.6 Å². The lowest BCUT2D eigenvalue weighted by Crippen LogP contribution is -2.35. The maximum Gasteiger partial charge on any atom is 0.240 e. The molecule has 0 bridgehead atoms. The zero-order valence-corrected chi connectivity index (χ0v) is 8.96. The number of benzene rings is 1. The van der Waals surface area contributed by atoms with E-state index in [4.69, 9.17) is 5.73 Å². The average Bonchev–Trinajstić information content (AvgIpc) is 2.20. The van der Waals surface area contributed by atoms with Gasteiger partial charge in [0, 0.05) is 12.2 Å². The van der Waals surface area contributed by atoms with Crippen LogP contribution in [0.15, 0.2) is 30.3 Å². The number of rotatable bonds is 3. The highest BCUT2D eigenvalue weighted by Crippen LogP contribution is 2.12. The Balaban J connectivity index is 0.00000169. The number of hydrogen-bond acceptors (Lipinski definition) is 2. The van der Waals surface area contributed by atoms with E-state index in [-0.39, 0.29) is 24.9 Å². The van der Waals surface area contributed by atoms with E-state index in [2.05, 4.69) is 0 Å². The first-order valence-electron chi connectivity index (χ1n) is 4.35. The van der Waals surface area contributed by atoms with Gasteiger partial charge in [0.2, 0.25) is 5.91 Å². The molecular formula is C10H15ClN2O. The van der Waals surface area contributed by atoms with Crippen molar-refractivity contribution in [3.05, 3.63) is 30.3 Å². The van der Waals surface area contributed by atoms with Gasteiger partial charge in [-0.1, -0.05) is 18.2 Å². The number of amides is 1. The first-order chi connectivity index (χ1) is 6.29. The third-order valence-electron chi connectivity index (χ3n) is 1.86. The van der Waals surface area contributed by atoms with Crippen molar-refractivity contribution in [1.82, 2.24) is 0 Å². The van der Waals surface area contributed by atoms with Crippen LogP contribution in [-0.2, 0) is 4.79 Å². The lowest BCUT2D eigenvalue weighted by Gasteiger charge is -2.19. The molecular weight excluding hydrogens is 200 g/mol. The third-order valence-corrected chi connectivity index (χ3v) is 1.86. The molecule has 0 heterocycles. The summed E-state index contributed by atoms with van der Waals surface area (Å²) in [5.74, 6) is -0.0475. The normalized spacial score (nSPS) is 9.00. The van der Waals surface area contributed by atoms with Gasteiger partial charge in [-0.15, -0.1) is 12.4 Å². The highest BCUT2D eigenvalue weighted by Gasteiger charge is 2.10. The summed E-state index contributed by atoms with van der Waals surface area (Å²) in [5, 5.41) is 0. The fourth-order valence-electron chi connectivity index (χ4n) is 1.22. The topological polar surface area (TPSA) is 46.3 Å². The smallest absolute Gasteiger partial charge is 0.240 e. The van der Waals surface area contributed by atoms with Crippen molar-refractivity contribution >= 4 is 24.0 Å². The second-order valence-electron chi connectivity index (χ2n) is 2.68. The molecule has 0 spiro atoms. The van der Waals surface area contributed by atoms with Gasteiger partial charge in [-0.3, -0.25) is 4.79 Å². The third kappa shape index (κ3) is 3.01. The molecule has 0 fully saturated rings. The van der Waals surface area contributed by atoms with Crippen LogP contribution in [0.25, 0.3) is 0 Å². The minimum atomic E-state index is -0.0475. The first kappa shape index (κ1) is 12.9. The number of para-hydroxylation sites is 1. The van der Waals surface area contributed by atoms with Gasteiger partial charge in [-0.25, -0.2) is 0 Å². The van der Waals surface area contributed by atoms with Gasteiger partial charge in [-0.2, -0.15) is 0 Å². The van der Waals surface area contributed by atoms with Crippen molar-refractivity contribution in [3.63, 3.8) is 0 Å². The average molecular weight is 215 g/mol. The molecule has 1 rings (SSSR count). The highest BCUT2D eigenvalue weighted by molar-refractivity contribution is 5.94. The van der Waals surface area contributed by atoms with E-state index < -0.39 is 0 Å². The summed E-state index contributed by atoms with van der Waals surface area (Å²) in [6, 6.07) is 9.53. The van der Waals surface area contributed by atoms with E-state index in [0.717, 1.165) is 5.69 Å². The van der Waals surface area contributed by atoms with Crippen LogP contribution in [0.2, 0.25) is 0 Å². The van der Waals surface area contributed by atoms with Crippen molar-refractivity contribution in [2.24, 2.45) is 5.73 Å². The van der Waals surface area contributed by atoms with E-state index in [0.29, 0.717) is 6.54 Å². The summed E-state index contributed by atoms with van der Waals surface area (Å²) in [6.07, 6.45) is 0. The van der Waals surface area contributed by atoms with Crippen molar-refractivity contribution in [3.8, 4) is 0 Å². The van der Waals surface area contributed by atoms with E-state index in [1.807, 2.05) is 37.3 Å². The maximum atomic E-state index is 11.3. The summed E-state index contributed by atoms with van der Waals surface area (Å²) >= 11 is 0. The lowest BCUT2D eigenvalue weighted by atomic mass is 10.3. The second-order valence-corrected chi connectivity index (χ2v) is 2.68. The SMILES string of the molecule is CCN(C(=O)CN)c1ccccc1.Cl. The number of anilines is 1. The number of carbonyl (C=O) groups excluding carboxylic acids is 1. The summed E-state index contributed by atoms with van der Waals surface area (Å²) < 4.78 is 0. The van der Waals surface area contributed by atoms with E-state index >= 15 is 0 Å². The van der Waals surface area contributed by atoms with Crippen LogP contribution in [0.4, 0.5) is 5.69 Å². The molecule has 0 saturated heterocycles. The van der Waals surface area contributed by atoms with E-state index in [1.165, 1.54) is 0 Å². The molecule has 0 aromatic heterocycles. The van der Waals surface area contributed by atoms with E-state index in [9.17, 15) is 4.79 Å². The first-order valence-corrected chi connectivity index (χ1v) is 4.35. The van der Waals surface area contributed by atoms with Crippen molar-refractivity contribution < 1.29 is 4.79 Å². The Bertz CT molecular complexity index is 277. The Morgan fingerprint density at radius 3 is 2.36 bits per heavy atom. The Morgan fingerprint density at radius 2 is 1.93 bits per heavy atom. The molecule has 1 amide bonds. The predicted octanol–water partition coefficient (Wildman–Crippen LogP) is 1.42. The van der Waals surface area contributed by atoms with Gasteiger partial charge in [-0.05, 0) is 19.1 Å². The molecule has 0 unspecified atom stereocenters. The Morgan fingerprint density at radius 1 is 1.36 bits per heavy atom. The summed E-state index contributed by atoms with van der Waals surface area (Å²) in [5.41, 5.74) is 6.20. The fraction of sp³-hybridized carbons (Fsp3) is 0.300. The zero-order valence-electron chi connectivity index (χ0n) is 8.14. The molecule has 0 saturated carbocycles. The number of halogens is 1. The number of carbonyl (C=O) groups is 1. The molecule has 1 aromatic rings. The van der Waals surface area contributed by atoms with Crippen LogP contribution in [-0.4, -0.2) is 19.0 Å². The standard InChI is InChI=1S/C10H14N2O.ClH/c1-2-12(10(13)8-11)9-6-4-3-5-7-9;/h3-7H,2,8,11H2,1H3;1H. The maximum absolute atomic E-state index is 11.3. The molecule has 0 aliphatic heterocycles. The highest BCUT2D eigenvalue weighted by atomic mass is 35.5. The molecule has 4 heteroatoms. The van der Waals surface area contributed by atoms with Gasteiger partial charge in [0.05, 0.1) is 6.54 Å². The molecule has 2 N–H and O–H groups in total. The summed E-state index contributed by atoms with van der Waals surface area (Å²) in [4.78, 5) is 13.0. The van der Waals surface area contributed by atoms with Gasteiger partial charge in [0.25, 0.3) is 0 Å². The van der Waals surface area contributed by atoms with Crippen molar-refractivity contribution in [1.29, 1.82) is 0 Å². The molecule has 0 radical (unpaired) electrons. The van der Waals surface area contributed by atoms with Crippen LogP contribution in [0.3, 0.4) is 0 Å². The number of likely N-dealkylation sites (N-methyl/N-ethyl adjacent to an activating group) is 1. The lowest BCUT2D eigenvalue weighted by molar-refractivity contribution is -0.117. The minimum Gasteiger partial charge on any atom is -0.322 e. The molecule has 0 aliphatic rings. The molecule has 0 atom stereocenters. The fourth-order valence-corrected chi connectivity index (χ4v) is 1.22. The monoisotopic (exact) mass is 214 g/mol. The Kier molecular flexibility index (Phi) is 5.92. The molecule has 0 aliphatic carbocycles. The minimum absolute atomic E-state index is 0. The van der Waals surface area contributed by atoms with Gasteiger partial charge in [0.15, 0.2) is 0 Å². The van der Waals surface area contributed by atoms with Gasteiger partial charge in [0.1, 0.15) is 0 Å². The quantitative estimate of drug-likeness (QED) is 0.827. The number of nitrogens with two attached hydrogens (primary N) is 1. The number of nitrogens with zero attached hydrogens (tertiary/aromatic N) is 1. The molecule has 78 valence electrons. The molecule has 14 heavy (non-hydrogen) atoms. The summed E-state index contributed by atoms with van der Waals surface area (Å²) in [7, 11) is 0.